The maximum absolute atomic E-state index is 9.75. The lowest BCUT2D eigenvalue weighted by Gasteiger charge is -2.17. The molecule has 3 heterocycles. The van der Waals surface area contributed by atoms with Crippen LogP contribution in [0.15, 0.2) is 186 Å². The molecule has 11 aromatic rings. The first-order valence-electron chi connectivity index (χ1n) is 19.5. The van der Waals surface area contributed by atoms with E-state index in [0.29, 0.717) is 28.6 Å². The lowest BCUT2D eigenvalue weighted by Crippen LogP contribution is -2.04. The standard InChI is InChI=1S/C53H30N6O/c54-31-33-26-34(32-55)28-39(27-33)37-22-24-46-43(29-37)41-16-7-9-19-45(41)59(46)47-25-23-38(40-18-11-21-49-50(40)42-17-8-10-20-48(42)60-49)30-44(47)53-57-51(35-12-3-1-4-13-35)56-52(58-53)36-14-5-2-6-15-36/h1-30H. The fourth-order valence-electron chi connectivity index (χ4n) is 8.36. The molecule has 0 aliphatic carbocycles. The molecule has 0 saturated carbocycles. The number of nitrogens with zero attached hydrogens (tertiary/aromatic N) is 6. The Balaban J connectivity index is 1.21. The molecule has 278 valence electrons. The number of fused-ring (bicyclic) bond motifs is 6. The van der Waals surface area contributed by atoms with Gasteiger partial charge in [-0.25, -0.2) is 15.0 Å². The van der Waals surface area contributed by atoms with E-state index in [4.69, 9.17) is 19.4 Å². The zero-order valence-electron chi connectivity index (χ0n) is 31.9. The van der Waals surface area contributed by atoms with Gasteiger partial charge in [-0.15, -0.1) is 0 Å². The minimum atomic E-state index is 0.442. The Hall–Kier alpha value is -8.65. The monoisotopic (exact) mass is 766 g/mol. The molecule has 11 rings (SSSR count). The van der Waals surface area contributed by atoms with E-state index in [1.807, 2.05) is 109 Å². The van der Waals surface area contributed by atoms with Crippen LogP contribution in [0.5, 0.6) is 0 Å². The maximum atomic E-state index is 9.75. The summed E-state index contributed by atoms with van der Waals surface area (Å²) in [6.45, 7) is 0. The number of hydrogen-bond acceptors (Lipinski definition) is 6. The third-order valence-electron chi connectivity index (χ3n) is 11.1. The van der Waals surface area contributed by atoms with Gasteiger partial charge in [0.15, 0.2) is 17.5 Å². The van der Waals surface area contributed by atoms with Gasteiger partial charge in [-0.05, 0) is 82.9 Å². The minimum absolute atomic E-state index is 0.442. The summed E-state index contributed by atoms with van der Waals surface area (Å²) in [7, 11) is 0. The van der Waals surface area contributed by atoms with E-state index in [1.165, 1.54) is 0 Å². The van der Waals surface area contributed by atoms with Crippen LogP contribution in [0, 0.1) is 22.7 Å². The van der Waals surface area contributed by atoms with Crippen molar-refractivity contribution in [2.75, 3.05) is 0 Å². The zero-order chi connectivity index (χ0) is 40.2. The first-order chi connectivity index (χ1) is 29.6. The summed E-state index contributed by atoms with van der Waals surface area (Å²) in [5.74, 6) is 1.67. The molecule has 0 saturated heterocycles. The van der Waals surface area contributed by atoms with Crippen molar-refractivity contribution < 1.29 is 4.42 Å². The average Bonchev–Trinajstić information content (AvgIpc) is 3.87. The molecule has 8 aromatic carbocycles. The van der Waals surface area contributed by atoms with Crippen LogP contribution in [0.1, 0.15) is 11.1 Å². The summed E-state index contributed by atoms with van der Waals surface area (Å²) in [4.78, 5) is 15.5. The molecule has 0 aliphatic heterocycles. The van der Waals surface area contributed by atoms with Crippen LogP contribution in [-0.4, -0.2) is 19.5 Å². The van der Waals surface area contributed by atoms with E-state index in [0.717, 1.165) is 88.4 Å². The molecule has 0 aliphatic rings. The number of nitriles is 2. The number of aromatic nitrogens is 4. The Morgan fingerprint density at radius 1 is 0.400 bits per heavy atom. The van der Waals surface area contributed by atoms with Crippen LogP contribution in [0.3, 0.4) is 0 Å². The van der Waals surface area contributed by atoms with Crippen molar-refractivity contribution in [3.8, 4) is 74.2 Å². The van der Waals surface area contributed by atoms with Gasteiger partial charge in [0.1, 0.15) is 11.2 Å². The van der Waals surface area contributed by atoms with Gasteiger partial charge in [-0.1, -0.05) is 121 Å². The van der Waals surface area contributed by atoms with Crippen molar-refractivity contribution >= 4 is 43.7 Å². The van der Waals surface area contributed by atoms with E-state index in [-0.39, 0.29) is 0 Å². The first-order valence-corrected chi connectivity index (χ1v) is 19.5. The molecule has 7 heteroatoms. The van der Waals surface area contributed by atoms with Gasteiger partial charge in [-0.2, -0.15) is 10.5 Å². The molecule has 0 bridgehead atoms. The number of hydrogen-bond donors (Lipinski definition) is 0. The van der Waals surface area contributed by atoms with Gasteiger partial charge < -0.3 is 8.98 Å². The van der Waals surface area contributed by atoms with Crippen molar-refractivity contribution in [2.24, 2.45) is 0 Å². The van der Waals surface area contributed by atoms with Gasteiger partial charge >= 0.3 is 0 Å². The Kier molecular flexibility index (Phi) is 8.11. The van der Waals surface area contributed by atoms with Crippen molar-refractivity contribution in [3.05, 3.63) is 193 Å². The van der Waals surface area contributed by atoms with Crippen molar-refractivity contribution in [2.45, 2.75) is 0 Å². The molecule has 60 heavy (non-hydrogen) atoms. The molecule has 0 atom stereocenters. The van der Waals surface area contributed by atoms with E-state index in [1.54, 1.807) is 6.07 Å². The number of rotatable bonds is 6. The van der Waals surface area contributed by atoms with Crippen LogP contribution < -0.4 is 0 Å². The fourth-order valence-corrected chi connectivity index (χ4v) is 8.36. The lowest BCUT2D eigenvalue weighted by molar-refractivity contribution is 0.669. The van der Waals surface area contributed by atoms with Gasteiger partial charge in [0, 0.05) is 38.2 Å². The van der Waals surface area contributed by atoms with Crippen LogP contribution >= 0.6 is 0 Å². The molecule has 0 N–H and O–H groups in total. The zero-order valence-corrected chi connectivity index (χ0v) is 31.9. The van der Waals surface area contributed by atoms with Gasteiger partial charge in [0.25, 0.3) is 0 Å². The van der Waals surface area contributed by atoms with Gasteiger partial charge in [0.2, 0.25) is 0 Å². The molecule has 0 fully saturated rings. The highest BCUT2D eigenvalue weighted by atomic mass is 16.3. The van der Waals surface area contributed by atoms with E-state index < -0.39 is 0 Å². The molecule has 3 aromatic heterocycles. The third-order valence-corrected chi connectivity index (χ3v) is 11.1. The van der Waals surface area contributed by atoms with Crippen LogP contribution in [-0.2, 0) is 0 Å². The second-order valence-corrected chi connectivity index (χ2v) is 14.7. The fraction of sp³-hybridized carbons (Fsp3) is 0. The SMILES string of the molecule is N#Cc1cc(C#N)cc(-c2ccc3c(c2)c2ccccc2n3-c2ccc(-c3cccc4oc5ccccc5c34)cc2-c2nc(-c3ccccc3)nc(-c3ccccc3)n2)c1. The third kappa shape index (κ3) is 5.77. The highest BCUT2D eigenvalue weighted by Crippen LogP contribution is 2.42. The summed E-state index contributed by atoms with van der Waals surface area (Å²) >= 11 is 0. The van der Waals surface area contributed by atoms with Crippen LogP contribution in [0.25, 0.3) is 106 Å². The summed E-state index contributed by atoms with van der Waals surface area (Å²) in [5, 5.41) is 23.7. The minimum Gasteiger partial charge on any atom is -0.456 e. The molecule has 0 radical (unpaired) electrons. The van der Waals surface area contributed by atoms with Crippen molar-refractivity contribution in [1.82, 2.24) is 19.5 Å². The van der Waals surface area contributed by atoms with Crippen molar-refractivity contribution in [1.29, 1.82) is 10.5 Å². The summed E-state index contributed by atoms with van der Waals surface area (Å²) in [6, 6.07) is 65.3. The lowest BCUT2D eigenvalue weighted by atomic mass is 9.96. The largest absolute Gasteiger partial charge is 0.456 e. The quantitative estimate of drug-likeness (QED) is 0.167. The first kappa shape index (κ1) is 34.6. The number of benzene rings is 8. The van der Waals surface area contributed by atoms with E-state index in [9.17, 15) is 10.5 Å². The molecule has 0 unspecified atom stereocenters. The van der Waals surface area contributed by atoms with E-state index >= 15 is 0 Å². The Labute approximate surface area is 344 Å². The van der Waals surface area contributed by atoms with Crippen LogP contribution in [0.4, 0.5) is 0 Å². The molecular weight excluding hydrogens is 737 g/mol. The Morgan fingerprint density at radius 3 is 1.72 bits per heavy atom. The number of furan rings is 1. The van der Waals surface area contributed by atoms with E-state index in [2.05, 4.69) is 83.4 Å². The Bertz CT molecular complexity index is 3480. The second-order valence-electron chi connectivity index (χ2n) is 14.7. The number of para-hydroxylation sites is 2. The smallest absolute Gasteiger partial charge is 0.166 e. The molecule has 0 amide bonds. The normalized spacial score (nSPS) is 11.3. The highest BCUT2D eigenvalue weighted by molar-refractivity contribution is 6.13. The highest BCUT2D eigenvalue weighted by Gasteiger charge is 2.22. The predicted octanol–water partition coefficient (Wildman–Crippen LogP) is 12.9. The summed E-state index contributed by atoms with van der Waals surface area (Å²) < 4.78 is 8.62. The summed E-state index contributed by atoms with van der Waals surface area (Å²) in [5.41, 5.74) is 11.7. The summed E-state index contributed by atoms with van der Waals surface area (Å²) in [6.07, 6.45) is 0. The van der Waals surface area contributed by atoms with Crippen LogP contribution in [0.2, 0.25) is 0 Å². The second kappa shape index (κ2) is 14.1. The average molecular weight is 767 g/mol. The molecular formula is C53H30N6O. The maximum Gasteiger partial charge on any atom is 0.166 e. The topological polar surface area (TPSA) is 104 Å². The predicted molar refractivity (Wildman–Crippen MR) is 238 cm³/mol. The van der Waals surface area contributed by atoms with Gasteiger partial charge in [-0.3, -0.25) is 0 Å². The Morgan fingerprint density at radius 2 is 1.00 bits per heavy atom. The van der Waals surface area contributed by atoms with Crippen molar-refractivity contribution in [3.63, 3.8) is 0 Å². The molecule has 0 spiro atoms. The van der Waals surface area contributed by atoms with Gasteiger partial charge in [0.05, 0.1) is 40.0 Å². The molecule has 7 nitrogen and oxygen atoms in total.